The Hall–Kier alpha value is -0.610. The van der Waals surface area contributed by atoms with Gasteiger partial charge in [-0.05, 0) is 49.9 Å². The van der Waals surface area contributed by atoms with Gasteiger partial charge in [-0.3, -0.25) is 4.79 Å². The van der Waals surface area contributed by atoms with E-state index in [9.17, 15) is 4.79 Å². The zero-order chi connectivity index (χ0) is 15.7. The highest BCUT2D eigenvalue weighted by molar-refractivity contribution is 7.15. The molecule has 0 N–H and O–H groups in total. The standard InChI is InChI=1S/C17H24ClN2OS/c1-11-3-4-14(9-15(11)17-19-10-16(18)22-17)13-5-7-20(8-6-13)12(2)21/h10-11,13,15H,3-9H2,1-2H3. The van der Waals surface area contributed by atoms with Crippen molar-refractivity contribution in [2.24, 2.45) is 11.8 Å². The fourth-order valence-corrected chi connectivity index (χ4v) is 5.11. The molecular weight excluding hydrogens is 316 g/mol. The van der Waals surface area contributed by atoms with E-state index in [-0.39, 0.29) is 5.91 Å². The second kappa shape index (κ2) is 6.88. The number of carbonyl (C=O) groups is 1. The molecule has 2 fully saturated rings. The molecule has 2 aliphatic rings. The number of aromatic nitrogens is 1. The lowest BCUT2D eigenvalue weighted by Crippen LogP contribution is -2.39. The van der Waals surface area contributed by atoms with Gasteiger partial charge in [0.15, 0.2) is 0 Å². The van der Waals surface area contributed by atoms with Crippen LogP contribution in [0.25, 0.3) is 0 Å². The van der Waals surface area contributed by atoms with E-state index in [0.29, 0.717) is 17.8 Å². The summed E-state index contributed by atoms with van der Waals surface area (Å²) in [6.45, 7) is 5.87. The molecule has 1 aromatic rings. The third-order valence-electron chi connectivity index (χ3n) is 5.42. The minimum Gasteiger partial charge on any atom is -0.343 e. The number of rotatable bonds is 2. The van der Waals surface area contributed by atoms with Gasteiger partial charge in [-0.15, -0.1) is 11.3 Å². The van der Waals surface area contributed by atoms with Gasteiger partial charge in [-0.2, -0.15) is 0 Å². The van der Waals surface area contributed by atoms with Crippen LogP contribution in [0.15, 0.2) is 6.20 Å². The summed E-state index contributed by atoms with van der Waals surface area (Å²) in [5.41, 5.74) is 0. The molecule has 1 amide bonds. The van der Waals surface area contributed by atoms with Crippen molar-refractivity contribution in [3.8, 4) is 0 Å². The van der Waals surface area contributed by atoms with E-state index >= 15 is 0 Å². The Balaban J connectivity index is 1.62. The number of halogens is 1. The Bertz CT molecular complexity index is 524. The van der Waals surface area contributed by atoms with E-state index in [1.807, 2.05) is 4.90 Å². The Morgan fingerprint density at radius 1 is 1.36 bits per heavy atom. The molecule has 22 heavy (non-hydrogen) atoms. The van der Waals surface area contributed by atoms with Crippen LogP contribution in [-0.2, 0) is 4.79 Å². The summed E-state index contributed by atoms with van der Waals surface area (Å²) in [6, 6.07) is 0. The van der Waals surface area contributed by atoms with Crippen molar-refractivity contribution in [1.29, 1.82) is 0 Å². The van der Waals surface area contributed by atoms with Crippen molar-refractivity contribution in [1.82, 2.24) is 9.88 Å². The van der Waals surface area contributed by atoms with E-state index in [1.54, 1.807) is 30.4 Å². The molecule has 3 rings (SSSR count). The summed E-state index contributed by atoms with van der Waals surface area (Å²) < 4.78 is 0.795. The molecule has 1 radical (unpaired) electrons. The van der Waals surface area contributed by atoms with Crippen molar-refractivity contribution >= 4 is 28.8 Å². The van der Waals surface area contributed by atoms with Gasteiger partial charge in [0.25, 0.3) is 0 Å². The van der Waals surface area contributed by atoms with Crippen LogP contribution in [-0.4, -0.2) is 28.9 Å². The third kappa shape index (κ3) is 3.48. The summed E-state index contributed by atoms with van der Waals surface area (Å²) in [6.07, 6.45) is 7.72. The average Bonchev–Trinajstić information content (AvgIpc) is 2.94. The Labute approximate surface area is 142 Å². The lowest BCUT2D eigenvalue weighted by molar-refractivity contribution is -0.130. The predicted molar refractivity (Wildman–Crippen MR) is 91.1 cm³/mol. The van der Waals surface area contributed by atoms with Crippen LogP contribution < -0.4 is 0 Å². The number of thiazole rings is 1. The quantitative estimate of drug-likeness (QED) is 0.792. The van der Waals surface area contributed by atoms with Gasteiger partial charge in [-0.1, -0.05) is 18.5 Å². The lowest BCUT2D eigenvalue weighted by Gasteiger charge is -2.40. The maximum Gasteiger partial charge on any atom is 0.219 e. The van der Waals surface area contributed by atoms with Gasteiger partial charge in [0, 0.05) is 25.9 Å². The molecule has 0 aromatic carbocycles. The highest BCUT2D eigenvalue weighted by Gasteiger charge is 2.36. The zero-order valence-corrected chi connectivity index (χ0v) is 14.9. The molecule has 121 valence electrons. The van der Waals surface area contributed by atoms with Crippen LogP contribution in [0.5, 0.6) is 0 Å². The highest BCUT2D eigenvalue weighted by atomic mass is 35.5. The normalized spacial score (nSPS) is 28.0. The van der Waals surface area contributed by atoms with Crippen molar-refractivity contribution in [2.75, 3.05) is 13.1 Å². The summed E-state index contributed by atoms with van der Waals surface area (Å²) in [5.74, 6) is 3.84. The van der Waals surface area contributed by atoms with Gasteiger partial charge in [-0.25, -0.2) is 4.98 Å². The molecule has 1 saturated heterocycles. The first-order valence-corrected chi connectivity index (χ1v) is 9.45. The van der Waals surface area contributed by atoms with Crippen LogP contribution in [0.1, 0.15) is 56.9 Å². The molecule has 3 nitrogen and oxygen atoms in total. The van der Waals surface area contributed by atoms with Crippen LogP contribution in [0.2, 0.25) is 4.34 Å². The van der Waals surface area contributed by atoms with E-state index < -0.39 is 0 Å². The SMILES string of the molecule is CC(=O)N1CCC([C]2CCC(C)C(c3ncc(Cl)s3)C2)CC1. The Morgan fingerprint density at radius 3 is 2.68 bits per heavy atom. The number of hydrogen-bond acceptors (Lipinski definition) is 3. The molecule has 1 aromatic heterocycles. The van der Waals surface area contributed by atoms with Crippen LogP contribution in [0, 0.1) is 17.8 Å². The minimum absolute atomic E-state index is 0.219. The largest absolute Gasteiger partial charge is 0.343 e. The number of nitrogens with zero attached hydrogens (tertiary/aromatic N) is 2. The molecule has 5 heteroatoms. The molecule has 2 unspecified atom stereocenters. The summed E-state index contributed by atoms with van der Waals surface area (Å²) >= 11 is 7.71. The number of likely N-dealkylation sites (tertiary alicyclic amines) is 1. The smallest absolute Gasteiger partial charge is 0.219 e. The van der Waals surface area contributed by atoms with Gasteiger partial charge in [0.1, 0.15) is 4.34 Å². The summed E-state index contributed by atoms with van der Waals surface area (Å²) in [5, 5.41) is 1.20. The van der Waals surface area contributed by atoms with E-state index in [0.717, 1.165) is 36.7 Å². The molecule has 2 heterocycles. The van der Waals surface area contributed by atoms with Crippen molar-refractivity contribution in [3.63, 3.8) is 0 Å². The second-order valence-corrected chi connectivity index (χ2v) is 8.46. The average molecular weight is 340 g/mol. The van der Waals surface area contributed by atoms with E-state index in [4.69, 9.17) is 11.6 Å². The molecule has 0 bridgehead atoms. The van der Waals surface area contributed by atoms with E-state index in [2.05, 4.69) is 11.9 Å². The second-order valence-electron chi connectivity index (χ2n) is 6.77. The molecule has 1 aliphatic carbocycles. The maximum absolute atomic E-state index is 11.5. The van der Waals surface area contributed by atoms with Crippen LogP contribution in [0.4, 0.5) is 0 Å². The van der Waals surface area contributed by atoms with Crippen molar-refractivity contribution in [3.05, 3.63) is 21.5 Å². The lowest BCUT2D eigenvalue weighted by atomic mass is 9.68. The van der Waals surface area contributed by atoms with Gasteiger partial charge >= 0.3 is 0 Å². The molecule has 0 spiro atoms. The molecule has 1 saturated carbocycles. The topological polar surface area (TPSA) is 33.2 Å². The van der Waals surface area contributed by atoms with Crippen molar-refractivity contribution in [2.45, 2.75) is 51.9 Å². The third-order valence-corrected chi connectivity index (χ3v) is 6.67. The molecule has 2 atom stereocenters. The Kier molecular flexibility index (Phi) is 5.08. The molecule has 1 aliphatic heterocycles. The minimum atomic E-state index is 0.219. The van der Waals surface area contributed by atoms with E-state index in [1.165, 1.54) is 17.8 Å². The molecular formula is C17H24ClN2OS. The van der Waals surface area contributed by atoms with Crippen molar-refractivity contribution < 1.29 is 4.79 Å². The van der Waals surface area contributed by atoms with Gasteiger partial charge in [0.05, 0.1) is 11.2 Å². The van der Waals surface area contributed by atoms with Crippen LogP contribution >= 0.6 is 22.9 Å². The monoisotopic (exact) mass is 339 g/mol. The number of carbonyl (C=O) groups excluding carboxylic acids is 1. The zero-order valence-electron chi connectivity index (χ0n) is 13.3. The predicted octanol–water partition coefficient (Wildman–Crippen LogP) is 4.53. The maximum atomic E-state index is 11.5. The van der Waals surface area contributed by atoms with Crippen LogP contribution in [0.3, 0.4) is 0 Å². The summed E-state index contributed by atoms with van der Waals surface area (Å²) in [4.78, 5) is 18.0. The highest BCUT2D eigenvalue weighted by Crippen LogP contribution is 2.47. The number of piperidine rings is 1. The first kappa shape index (κ1) is 16.3. The first-order chi connectivity index (χ1) is 10.5. The summed E-state index contributed by atoms with van der Waals surface area (Å²) in [7, 11) is 0. The number of amides is 1. The Morgan fingerprint density at radius 2 is 2.09 bits per heavy atom. The van der Waals surface area contributed by atoms with Gasteiger partial charge < -0.3 is 4.90 Å². The number of hydrogen-bond donors (Lipinski definition) is 0. The van der Waals surface area contributed by atoms with Gasteiger partial charge in [0.2, 0.25) is 5.91 Å². The first-order valence-electron chi connectivity index (χ1n) is 8.26. The fraction of sp³-hybridized carbons (Fsp3) is 0.706. The fourth-order valence-electron chi connectivity index (χ4n) is 3.94.